The second kappa shape index (κ2) is 9.87. The Morgan fingerprint density at radius 2 is 1.67 bits per heavy atom. The Morgan fingerprint density at radius 1 is 0.917 bits per heavy atom. The summed E-state index contributed by atoms with van der Waals surface area (Å²) >= 11 is 0. The van der Waals surface area contributed by atoms with Crippen molar-refractivity contribution in [1.82, 2.24) is 4.90 Å². The molecule has 4 fully saturated rings. The number of benzene rings is 3. The third kappa shape index (κ3) is 3.69. The fourth-order valence-electron chi connectivity index (χ4n) is 11.9. The lowest BCUT2D eigenvalue weighted by Gasteiger charge is -2.71. The molecular weight excluding hydrogens is 608 g/mol. The van der Waals surface area contributed by atoms with Gasteiger partial charge in [0.15, 0.2) is 17.4 Å². The lowest BCUT2D eigenvalue weighted by molar-refractivity contribution is -0.164. The van der Waals surface area contributed by atoms with Crippen LogP contribution in [0.3, 0.4) is 0 Å². The normalized spacial score (nSPS) is 39.3. The number of aliphatic hydroxyl groups is 1. The van der Waals surface area contributed by atoms with Gasteiger partial charge in [-0.05, 0) is 96.7 Å². The van der Waals surface area contributed by atoms with E-state index in [0.717, 1.165) is 54.2 Å². The molecule has 6 aliphatic carbocycles. The largest absolute Gasteiger partial charge is 0.440 e. The van der Waals surface area contributed by atoms with Crippen molar-refractivity contribution in [3.8, 4) is 0 Å². The van der Waals surface area contributed by atoms with Gasteiger partial charge in [0.1, 0.15) is 5.60 Å². The first kappa shape index (κ1) is 30.2. The number of ketones is 1. The first-order valence-corrected chi connectivity index (χ1v) is 17.5. The van der Waals surface area contributed by atoms with Crippen molar-refractivity contribution in [3.63, 3.8) is 0 Å². The van der Waals surface area contributed by atoms with E-state index < -0.39 is 39.6 Å². The molecule has 1 aliphatic heterocycles. The van der Waals surface area contributed by atoms with Gasteiger partial charge in [0.25, 0.3) is 0 Å². The monoisotopic (exact) mass is 649 g/mol. The molecule has 7 heteroatoms. The number of carbonyl (C=O) groups is 2. The molecule has 0 radical (unpaired) electrons. The number of amides is 1. The number of halogens is 2. The van der Waals surface area contributed by atoms with Gasteiger partial charge in [-0.3, -0.25) is 9.69 Å². The summed E-state index contributed by atoms with van der Waals surface area (Å²) in [5.41, 5.74) is -0.618. The van der Waals surface area contributed by atoms with Gasteiger partial charge in [-0.1, -0.05) is 74.5 Å². The zero-order chi connectivity index (χ0) is 33.3. The fourth-order valence-corrected chi connectivity index (χ4v) is 11.9. The summed E-state index contributed by atoms with van der Waals surface area (Å²) in [6, 6.07) is 17.8. The Kier molecular flexibility index (Phi) is 6.22. The molecule has 1 heterocycles. The van der Waals surface area contributed by atoms with Crippen LogP contribution in [0, 0.1) is 45.1 Å². The van der Waals surface area contributed by atoms with E-state index in [0.29, 0.717) is 37.9 Å². The highest BCUT2D eigenvalue weighted by Crippen LogP contribution is 2.79. The Balaban J connectivity index is 1.13. The smallest absolute Gasteiger partial charge is 0.410 e. The number of fused-ring (bicyclic) bond motifs is 3. The van der Waals surface area contributed by atoms with Gasteiger partial charge >= 0.3 is 6.09 Å². The SMILES string of the molecule is CC12CCC(O)CC13C=CC1(C(C(=O)c4ccc(F)c(F)c4)=C3)C2CCC2(C)C1CCC21CN(Cc2cccc3ccccc23)C(=O)O1. The molecule has 2 bridgehead atoms. The highest BCUT2D eigenvalue weighted by atomic mass is 19.2. The van der Waals surface area contributed by atoms with Gasteiger partial charge in [-0.2, -0.15) is 0 Å². The number of ether oxygens (including phenoxy) is 1. The molecule has 1 amide bonds. The Labute approximate surface area is 279 Å². The molecule has 5 nitrogen and oxygen atoms in total. The molecule has 3 aromatic rings. The molecule has 8 atom stereocenters. The summed E-state index contributed by atoms with van der Waals surface area (Å²) in [5, 5.41) is 13.2. The quantitative estimate of drug-likeness (QED) is 0.227. The van der Waals surface area contributed by atoms with Crippen LogP contribution >= 0.6 is 0 Å². The molecule has 10 rings (SSSR count). The van der Waals surface area contributed by atoms with Crippen LogP contribution in [-0.4, -0.2) is 40.1 Å². The van der Waals surface area contributed by atoms with Crippen LogP contribution in [0.25, 0.3) is 10.8 Å². The van der Waals surface area contributed by atoms with Crippen LogP contribution in [0.5, 0.6) is 0 Å². The number of carbonyl (C=O) groups excluding carboxylic acids is 2. The highest BCUT2D eigenvalue weighted by molar-refractivity contribution is 6.10. The number of rotatable bonds is 4. The number of nitrogens with zero attached hydrogens (tertiary/aromatic N) is 1. The first-order chi connectivity index (χ1) is 23.0. The van der Waals surface area contributed by atoms with Crippen LogP contribution in [0.4, 0.5) is 13.6 Å². The zero-order valence-electron chi connectivity index (χ0n) is 27.5. The molecule has 248 valence electrons. The van der Waals surface area contributed by atoms with E-state index in [2.05, 4.69) is 56.3 Å². The highest BCUT2D eigenvalue weighted by Gasteiger charge is 2.76. The van der Waals surface area contributed by atoms with Gasteiger partial charge in [-0.15, -0.1) is 0 Å². The van der Waals surface area contributed by atoms with Crippen molar-refractivity contribution >= 4 is 22.6 Å². The predicted octanol–water partition coefficient (Wildman–Crippen LogP) is 8.55. The van der Waals surface area contributed by atoms with E-state index in [9.17, 15) is 23.5 Å². The van der Waals surface area contributed by atoms with E-state index >= 15 is 0 Å². The molecule has 48 heavy (non-hydrogen) atoms. The van der Waals surface area contributed by atoms with Crippen molar-refractivity contribution in [2.75, 3.05) is 6.54 Å². The van der Waals surface area contributed by atoms with Crippen molar-refractivity contribution in [3.05, 3.63) is 107 Å². The number of allylic oxidation sites excluding steroid dienone is 4. The molecule has 1 saturated heterocycles. The topological polar surface area (TPSA) is 66.8 Å². The van der Waals surface area contributed by atoms with Crippen LogP contribution in [-0.2, 0) is 11.3 Å². The maximum atomic E-state index is 14.6. The average Bonchev–Trinajstić information content (AvgIpc) is 3.56. The minimum absolute atomic E-state index is 0.00669. The van der Waals surface area contributed by atoms with E-state index in [1.807, 2.05) is 23.1 Å². The van der Waals surface area contributed by atoms with E-state index in [1.165, 1.54) is 6.07 Å². The molecule has 8 unspecified atom stereocenters. The third-order valence-electron chi connectivity index (χ3n) is 14.3. The van der Waals surface area contributed by atoms with E-state index in [4.69, 9.17) is 4.74 Å². The molecule has 1 N–H and O–H groups in total. The summed E-state index contributed by atoms with van der Waals surface area (Å²) < 4.78 is 35.1. The fraction of sp³-hybridized carbons (Fsp3) is 0.463. The van der Waals surface area contributed by atoms with Crippen molar-refractivity contribution in [2.45, 2.75) is 77.0 Å². The summed E-state index contributed by atoms with van der Waals surface area (Å²) in [6.07, 6.45) is 11.1. The predicted molar refractivity (Wildman–Crippen MR) is 178 cm³/mol. The third-order valence-corrected chi connectivity index (χ3v) is 14.3. The van der Waals surface area contributed by atoms with E-state index in [1.54, 1.807) is 0 Å². The zero-order valence-corrected chi connectivity index (χ0v) is 27.5. The second-order valence-electron chi connectivity index (χ2n) is 16.1. The van der Waals surface area contributed by atoms with Crippen molar-refractivity contribution in [1.29, 1.82) is 0 Å². The maximum absolute atomic E-state index is 14.6. The molecular formula is C41H41F2NO4. The number of aliphatic hydroxyl groups excluding tert-OH is 1. The number of hydrogen-bond acceptors (Lipinski definition) is 4. The van der Waals surface area contributed by atoms with Crippen molar-refractivity contribution < 1.29 is 28.2 Å². The van der Waals surface area contributed by atoms with E-state index in [-0.39, 0.29) is 34.7 Å². The molecule has 3 aromatic carbocycles. The van der Waals surface area contributed by atoms with Gasteiger partial charge in [0.2, 0.25) is 0 Å². The van der Waals surface area contributed by atoms with Crippen LogP contribution in [0.15, 0.2) is 84.5 Å². The molecule has 3 spiro atoms. The molecule has 3 saturated carbocycles. The minimum atomic E-state index is -1.04. The Hall–Kier alpha value is -3.84. The number of Topliss-reactive ketones (excluding diaryl/α,β-unsaturated/α-hetero) is 1. The summed E-state index contributed by atoms with van der Waals surface area (Å²) in [7, 11) is 0. The van der Waals surface area contributed by atoms with Gasteiger partial charge in [0, 0.05) is 33.9 Å². The Morgan fingerprint density at radius 3 is 2.50 bits per heavy atom. The van der Waals surface area contributed by atoms with Crippen molar-refractivity contribution in [2.24, 2.45) is 33.5 Å². The number of hydrogen-bond donors (Lipinski definition) is 1. The lowest BCUT2D eigenvalue weighted by atomic mass is 9.32. The van der Waals surface area contributed by atoms with Crippen LogP contribution in [0.2, 0.25) is 0 Å². The Bertz CT molecular complexity index is 1970. The summed E-state index contributed by atoms with van der Waals surface area (Å²) in [4.78, 5) is 30.2. The summed E-state index contributed by atoms with van der Waals surface area (Å²) in [6.45, 7) is 5.54. The van der Waals surface area contributed by atoms with Gasteiger partial charge < -0.3 is 9.84 Å². The van der Waals surface area contributed by atoms with Crippen LogP contribution in [0.1, 0.15) is 74.7 Å². The maximum Gasteiger partial charge on any atom is 0.410 e. The lowest BCUT2D eigenvalue weighted by Crippen LogP contribution is -2.67. The average molecular weight is 650 g/mol. The minimum Gasteiger partial charge on any atom is -0.440 e. The molecule has 7 aliphatic rings. The first-order valence-electron chi connectivity index (χ1n) is 17.5. The summed E-state index contributed by atoms with van der Waals surface area (Å²) in [5.74, 6) is -2.19. The van der Waals surface area contributed by atoms with Gasteiger partial charge in [0.05, 0.1) is 12.6 Å². The second-order valence-corrected chi connectivity index (χ2v) is 16.1. The molecule has 0 aromatic heterocycles. The van der Waals surface area contributed by atoms with Crippen LogP contribution < -0.4 is 0 Å². The standard InChI is InChI=1S/C41H41F2NO4/c1-37-15-12-28(45)21-39(37)18-19-41(30(22-39)35(46)26-10-11-31(42)32(43)20-26)33(37)13-16-38(2)34(41)14-17-40(38)24-44(36(47)48-40)23-27-8-5-7-25-6-3-4-9-29(25)27/h3-11,18-20,22,28,33-34,45H,12-17,21,23-24H2,1-2H3. The van der Waals surface area contributed by atoms with Gasteiger partial charge in [-0.25, -0.2) is 13.6 Å².